The van der Waals surface area contributed by atoms with Crippen molar-refractivity contribution in [3.05, 3.63) is 0 Å². The minimum atomic E-state index is -1.67. The molecule has 1 rings (SSSR count). The van der Waals surface area contributed by atoms with Gasteiger partial charge in [-0.1, -0.05) is 20.8 Å². The predicted octanol–water partition coefficient (Wildman–Crippen LogP) is 3.33. The van der Waals surface area contributed by atoms with Gasteiger partial charge in [0.25, 0.3) is 0 Å². The summed E-state index contributed by atoms with van der Waals surface area (Å²) in [4.78, 5) is 0. The second kappa shape index (κ2) is 6.03. The highest BCUT2D eigenvalue weighted by atomic mass is 28.4. The Balaban J connectivity index is 2.37. The van der Waals surface area contributed by atoms with Gasteiger partial charge in [0, 0.05) is 6.61 Å². The fourth-order valence-corrected chi connectivity index (χ4v) is 3.02. The van der Waals surface area contributed by atoms with Crippen molar-refractivity contribution in [3.8, 4) is 0 Å². The van der Waals surface area contributed by atoms with E-state index in [1.807, 2.05) is 0 Å². The summed E-state index contributed by atoms with van der Waals surface area (Å²) in [5.74, 6) is 0. The van der Waals surface area contributed by atoms with Gasteiger partial charge in [-0.15, -0.1) is 0 Å². The zero-order valence-electron chi connectivity index (χ0n) is 12.8. The van der Waals surface area contributed by atoms with Crippen molar-refractivity contribution in [2.75, 3.05) is 6.61 Å². The van der Waals surface area contributed by atoms with Crippen LogP contribution in [0.1, 0.15) is 47.0 Å². The lowest BCUT2D eigenvalue weighted by atomic mass is 10.00. The maximum absolute atomic E-state index is 9.91. The molecule has 0 aromatic rings. The first-order valence-corrected chi connectivity index (χ1v) is 10.0. The zero-order valence-corrected chi connectivity index (χ0v) is 13.8. The Hall–Kier alpha value is 0.0969. The Labute approximate surface area is 113 Å². The molecule has 0 spiro atoms. The molecule has 3 atom stereocenters. The van der Waals surface area contributed by atoms with Crippen molar-refractivity contribution < 1.29 is 14.3 Å². The Bertz CT molecular complexity index is 260. The van der Waals surface area contributed by atoms with Gasteiger partial charge >= 0.3 is 0 Å². The maximum Gasteiger partial charge on any atom is 0.191 e. The molecule has 0 unspecified atom stereocenters. The smallest absolute Gasteiger partial charge is 0.191 e. The molecule has 0 aliphatic carbocycles. The van der Waals surface area contributed by atoms with E-state index in [1.165, 1.54) is 0 Å². The summed E-state index contributed by atoms with van der Waals surface area (Å²) in [5.41, 5.74) is 0. The number of rotatable bonds is 4. The second-order valence-corrected chi connectivity index (χ2v) is 11.8. The molecule has 108 valence electrons. The van der Waals surface area contributed by atoms with Crippen LogP contribution in [0.4, 0.5) is 0 Å². The van der Waals surface area contributed by atoms with E-state index >= 15 is 0 Å². The van der Waals surface area contributed by atoms with Crippen LogP contribution in [0.25, 0.3) is 0 Å². The van der Waals surface area contributed by atoms with Crippen LogP contribution >= 0.6 is 0 Å². The number of aliphatic hydroxyl groups excluding tert-OH is 1. The summed E-state index contributed by atoms with van der Waals surface area (Å²) in [7, 11) is -1.67. The summed E-state index contributed by atoms with van der Waals surface area (Å²) >= 11 is 0. The first kappa shape index (κ1) is 16.2. The molecule has 0 amide bonds. The van der Waals surface area contributed by atoms with E-state index < -0.39 is 8.32 Å². The lowest BCUT2D eigenvalue weighted by molar-refractivity contribution is -0.116. The van der Waals surface area contributed by atoms with E-state index in [4.69, 9.17) is 9.16 Å². The molecule has 1 N–H and O–H groups in total. The third-order valence-corrected chi connectivity index (χ3v) is 8.91. The van der Waals surface area contributed by atoms with Gasteiger partial charge in [0.2, 0.25) is 0 Å². The third-order valence-electron chi connectivity index (χ3n) is 4.38. The topological polar surface area (TPSA) is 38.7 Å². The molecule has 3 nitrogen and oxygen atoms in total. The molecular formula is C14H30O3Si. The molecule has 1 saturated heterocycles. The van der Waals surface area contributed by atoms with Crippen LogP contribution in [-0.2, 0) is 9.16 Å². The number of aliphatic hydroxyl groups is 1. The van der Waals surface area contributed by atoms with Gasteiger partial charge in [0.15, 0.2) is 8.32 Å². The molecule has 0 bridgehead atoms. The average molecular weight is 274 g/mol. The first-order chi connectivity index (χ1) is 8.13. The summed E-state index contributed by atoms with van der Waals surface area (Å²) in [6.45, 7) is 14.0. The summed E-state index contributed by atoms with van der Waals surface area (Å²) in [6, 6.07) is 0. The molecular weight excluding hydrogens is 244 g/mol. The highest BCUT2D eigenvalue weighted by Crippen LogP contribution is 2.36. The number of ether oxygens (including phenoxy) is 1. The number of hydrogen-bond donors (Lipinski definition) is 1. The van der Waals surface area contributed by atoms with Crippen LogP contribution < -0.4 is 0 Å². The highest BCUT2D eigenvalue weighted by Gasteiger charge is 2.37. The average Bonchev–Trinajstić information content (AvgIpc) is 2.21. The van der Waals surface area contributed by atoms with Gasteiger partial charge in [-0.25, -0.2) is 0 Å². The van der Waals surface area contributed by atoms with Gasteiger partial charge in [0.1, 0.15) is 0 Å². The van der Waals surface area contributed by atoms with E-state index in [1.54, 1.807) is 0 Å². The van der Waals surface area contributed by atoms with Crippen molar-refractivity contribution in [1.29, 1.82) is 0 Å². The van der Waals surface area contributed by atoms with E-state index in [9.17, 15) is 5.11 Å². The Kier molecular flexibility index (Phi) is 5.41. The minimum Gasteiger partial charge on any atom is -0.417 e. The first-order valence-electron chi connectivity index (χ1n) is 7.11. The highest BCUT2D eigenvalue weighted by molar-refractivity contribution is 6.74. The molecule has 0 radical (unpaired) electrons. The van der Waals surface area contributed by atoms with Crippen LogP contribution in [0.15, 0.2) is 0 Å². The monoisotopic (exact) mass is 274 g/mol. The van der Waals surface area contributed by atoms with Crippen LogP contribution in [0, 0.1) is 0 Å². The SMILES string of the molecule is C[C@H]1CC[C@H](O)[C@@H](CCO[Si](C)(C)C(C)(C)C)O1. The minimum absolute atomic E-state index is 0.0430. The fourth-order valence-electron chi connectivity index (χ4n) is 1.96. The van der Waals surface area contributed by atoms with Crippen LogP contribution in [0.2, 0.25) is 18.1 Å². The lowest BCUT2D eigenvalue weighted by Crippen LogP contribution is -2.43. The Morgan fingerprint density at radius 2 is 1.89 bits per heavy atom. The van der Waals surface area contributed by atoms with Gasteiger partial charge < -0.3 is 14.3 Å². The normalized spacial score (nSPS) is 30.5. The quantitative estimate of drug-likeness (QED) is 0.799. The van der Waals surface area contributed by atoms with Gasteiger partial charge in [-0.05, 0) is 44.3 Å². The van der Waals surface area contributed by atoms with Crippen molar-refractivity contribution in [3.63, 3.8) is 0 Å². The van der Waals surface area contributed by atoms with Crippen LogP contribution in [-0.4, -0.2) is 38.3 Å². The fraction of sp³-hybridized carbons (Fsp3) is 1.00. The van der Waals surface area contributed by atoms with Crippen LogP contribution in [0.5, 0.6) is 0 Å². The molecule has 0 aromatic heterocycles. The maximum atomic E-state index is 9.91. The van der Waals surface area contributed by atoms with Crippen molar-refractivity contribution in [1.82, 2.24) is 0 Å². The summed E-state index contributed by atoms with van der Waals surface area (Å²) in [6.07, 6.45) is 2.53. The Morgan fingerprint density at radius 3 is 2.44 bits per heavy atom. The van der Waals surface area contributed by atoms with Gasteiger partial charge in [0.05, 0.1) is 18.3 Å². The molecule has 1 aliphatic rings. The second-order valence-electron chi connectivity index (χ2n) is 7.03. The van der Waals surface area contributed by atoms with E-state index in [-0.39, 0.29) is 23.4 Å². The van der Waals surface area contributed by atoms with Crippen molar-refractivity contribution in [2.24, 2.45) is 0 Å². The van der Waals surface area contributed by atoms with Crippen molar-refractivity contribution >= 4 is 8.32 Å². The van der Waals surface area contributed by atoms with E-state index in [0.717, 1.165) is 19.3 Å². The third kappa shape index (κ3) is 4.33. The van der Waals surface area contributed by atoms with Gasteiger partial charge in [-0.2, -0.15) is 0 Å². The van der Waals surface area contributed by atoms with E-state index in [2.05, 4.69) is 40.8 Å². The standard InChI is InChI=1S/C14H30O3Si/c1-11-7-8-12(15)13(17-11)9-10-16-18(5,6)14(2,3)4/h11-13,15H,7-10H2,1-6H3/t11-,12-,13+/m0/s1. The van der Waals surface area contributed by atoms with E-state index in [0.29, 0.717) is 6.61 Å². The molecule has 1 aliphatic heterocycles. The largest absolute Gasteiger partial charge is 0.417 e. The Morgan fingerprint density at radius 1 is 1.28 bits per heavy atom. The molecule has 1 heterocycles. The zero-order chi connectivity index (χ0) is 14.0. The molecule has 4 heteroatoms. The molecule has 0 saturated carbocycles. The number of hydrogen-bond acceptors (Lipinski definition) is 3. The van der Waals surface area contributed by atoms with Crippen LogP contribution in [0.3, 0.4) is 0 Å². The van der Waals surface area contributed by atoms with Gasteiger partial charge in [-0.3, -0.25) is 0 Å². The molecule has 18 heavy (non-hydrogen) atoms. The molecule has 0 aromatic carbocycles. The molecule has 1 fully saturated rings. The summed E-state index contributed by atoms with van der Waals surface area (Å²) < 4.78 is 11.9. The van der Waals surface area contributed by atoms with Crippen molar-refractivity contribution in [2.45, 2.75) is 83.4 Å². The summed E-state index contributed by atoms with van der Waals surface area (Å²) in [5, 5.41) is 10.1. The lowest BCUT2D eigenvalue weighted by Gasteiger charge is -2.37. The predicted molar refractivity (Wildman–Crippen MR) is 77.3 cm³/mol.